The Balaban J connectivity index is 2.89. The number of amides is 1. The van der Waals surface area contributed by atoms with E-state index in [1.807, 2.05) is 5.43 Å². The number of benzene rings is 1. The molecule has 14 heavy (non-hydrogen) atoms. The Labute approximate surface area is 82.0 Å². The second kappa shape index (κ2) is 4.59. The fourth-order valence-electron chi connectivity index (χ4n) is 1.08. The molecule has 0 spiro atoms. The van der Waals surface area contributed by atoms with Gasteiger partial charge in [-0.15, -0.1) is 0 Å². The molecule has 0 aromatic heterocycles. The van der Waals surface area contributed by atoms with Gasteiger partial charge < -0.3 is 10.5 Å². The lowest BCUT2D eigenvalue weighted by Gasteiger charge is -2.10. The van der Waals surface area contributed by atoms with Gasteiger partial charge in [0.15, 0.2) is 0 Å². The largest absolute Gasteiger partial charge is 0.497 e. The van der Waals surface area contributed by atoms with Crippen molar-refractivity contribution in [1.29, 1.82) is 0 Å². The van der Waals surface area contributed by atoms with Crippen molar-refractivity contribution >= 4 is 5.91 Å². The maximum Gasteiger partial charge on any atom is 0.255 e. The number of hydrazine groups is 1. The zero-order valence-corrected chi connectivity index (χ0v) is 7.86. The van der Waals surface area contributed by atoms with Crippen LogP contribution in [-0.4, -0.2) is 13.0 Å². The molecule has 0 aliphatic rings. The number of ether oxygens (including phenoxy) is 1. The fourth-order valence-corrected chi connectivity index (χ4v) is 1.08. The third kappa shape index (κ3) is 2.21. The highest BCUT2D eigenvalue weighted by Crippen LogP contribution is 2.17. The van der Waals surface area contributed by atoms with Crippen molar-refractivity contribution in [3.63, 3.8) is 0 Å². The van der Waals surface area contributed by atoms with Crippen LogP contribution in [0.2, 0.25) is 0 Å². The van der Waals surface area contributed by atoms with Gasteiger partial charge in [0.1, 0.15) is 11.8 Å². The standard InChI is InChI=1S/C9H13N3O2/c1-14-7-4-2-3-6(5-7)8(10)9(13)12-11/h2-5,8H,10-11H2,1H3,(H,12,13). The Morgan fingerprint density at radius 3 is 2.86 bits per heavy atom. The summed E-state index contributed by atoms with van der Waals surface area (Å²) in [6.45, 7) is 0. The molecule has 1 aromatic carbocycles. The molecule has 0 fully saturated rings. The first-order valence-corrected chi connectivity index (χ1v) is 4.09. The highest BCUT2D eigenvalue weighted by molar-refractivity contribution is 5.82. The summed E-state index contributed by atoms with van der Waals surface area (Å²) in [6.07, 6.45) is 0. The predicted octanol–water partition coefficient (Wildman–Crippen LogP) is -0.315. The van der Waals surface area contributed by atoms with Crippen LogP contribution in [0.5, 0.6) is 5.75 Å². The number of nitrogens with one attached hydrogen (secondary N) is 1. The molecule has 0 heterocycles. The zero-order chi connectivity index (χ0) is 10.6. The minimum Gasteiger partial charge on any atom is -0.497 e. The van der Waals surface area contributed by atoms with Gasteiger partial charge in [0.05, 0.1) is 7.11 Å². The van der Waals surface area contributed by atoms with Crippen molar-refractivity contribution in [3.05, 3.63) is 29.8 Å². The van der Waals surface area contributed by atoms with Gasteiger partial charge in [-0.25, -0.2) is 5.84 Å². The van der Waals surface area contributed by atoms with E-state index in [1.165, 1.54) is 0 Å². The topological polar surface area (TPSA) is 90.4 Å². The molecule has 0 saturated carbocycles. The van der Waals surface area contributed by atoms with Crippen LogP contribution in [-0.2, 0) is 4.79 Å². The van der Waals surface area contributed by atoms with Gasteiger partial charge in [0.2, 0.25) is 0 Å². The Kier molecular flexibility index (Phi) is 3.44. The van der Waals surface area contributed by atoms with E-state index in [1.54, 1.807) is 31.4 Å². The molecule has 0 aliphatic heterocycles. The summed E-state index contributed by atoms with van der Waals surface area (Å²) < 4.78 is 5.00. The van der Waals surface area contributed by atoms with Crippen molar-refractivity contribution < 1.29 is 9.53 Å². The lowest BCUT2D eigenvalue weighted by molar-refractivity contribution is -0.122. The highest BCUT2D eigenvalue weighted by Gasteiger charge is 2.14. The average molecular weight is 195 g/mol. The zero-order valence-electron chi connectivity index (χ0n) is 7.86. The predicted molar refractivity (Wildman–Crippen MR) is 52.3 cm³/mol. The molecule has 0 bridgehead atoms. The third-order valence-electron chi connectivity index (χ3n) is 1.88. The maximum absolute atomic E-state index is 11.1. The fraction of sp³-hybridized carbons (Fsp3) is 0.222. The molecule has 76 valence electrons. The molecule has 5 nitrogen and oxygen atoms in total. The van der Waals surface area contributed by atoms with Crippen LogP contribution >= 0.6 is 0 Å². The van der Waals surface area contributed by atoms with Gasteiger partial charge >= 0.3 is 0 Å². The number of methoxy groups -OCH3 is 1. The van der Waals surface area contributed by atoms with Gasteiger partial charge in [-0.1, -0.05) is 12.1 Å². The summed E-state index contributed by atoms with van der Waals surface area (Å²) in [4.78, 5) is 11.1. The van der Waals surface area contributed by atoms with E-state index in [2.05, 4.69) is 0 Å². The SMILES string of the molecule is COc1cccc(C(N)C(=O)NN)c1. The molecular weight excluding hydrogens is 182 g/mol. The first kappa shape index (κ1) is 10.5. The van der Waals surface area contributed by atoms with E-state index in [0.29, 0.717) is 11.3 Å². The highest BCUT2D eigenvalue weighted by atomic mass is 16.5. The van der Waals surface area contributed by atoms with Gasteiger partial charge in [-0.05, 0) is 17.7 Å². The second-order valence-corrected chi connectivity index (χ2v) is 2.76. The van der Waals surface area contributed by atoms with E-state index in [0.717, 1.165) is 0 Å². The molecule has 1 rings (SSSR count). The van der Waals surface area contributed by atoms with Crippen LogP contribution in [0.4, 0.5) is 0 Å². The first-order chi connectivity index (χ1) is 6.69. The van der Waals surface area contributed by atoms with Crippen LogP contribution in [0.15, 0.2) is 24.3 Å². The van der Waals surface area contributed by atoms with E-state index in [-0.39, 0.29) is 0 Å². The normalized spacial score (nSPS) is 11.9. The number of hydrogen-bond acceptors (Lipinski definition) is 4. The Hall–Kier alpha value is -1.59. The maximum atomic E-state index is 11.1. The monoisotopic (exact) mass is 195 g/mol. The number of carbonyl (C=O) groups excluding carboxylic acids is 1. The van der Waals surface area contributed by atoms with Gasteiger partial charge in [-0.3, -0.25) is 10.2 Å². The Morgan fingerprint density at radius 1 is 1.57 bits per heavy atom. The quantitative estimate of drug-likeness (QED) is 0.350. The third-order valence-corrected chi connectivity index (χ3v) is 1.88. The summed E-state index contributed by atoms with van der Waals surface area (Å²) >= 11 is 0. The Bertz CT molecular complexity index is 328. The van der Waals surface area contributed by atoms with E-state index in [4.69, 9.17) is 16.3 Å². The first-order valence-electron chi connectivity index (χ1n) is 4.09. The minimum atomic E-state index is -0.768. The molecule has 0 saturated heterocycles. The number of nitrogens with two attached hydrogens (primary N) is 2. The molecule has 5 heteroatoms. The van der Waals surface area contributed by atoms with Gasteiger partial charge in [0.25, 0.3) is 5.91 Å². The summed E-state index contributed by atoms with van der Waals surface area (Å²) in [5, 5.41) is 0. The molecular formula is C9H13N3O2. The molecule has 0 radical (unpaired) electrons. The van der Waals surface area contributed by atoms with Crippen LogP contribution in [0.3, 0.4) is 0 Å². The number of carbonyl (C=O) groups is 1. The van der Waals surface area contributed by atoms with Crippen molar-refractivity contribution in [1.82, 2.24) is 5.43 Å². The lowest BCUT2D eigenvalue weighted by atomic mass is 10.1. The average Bonchev–Trinajstić information content (AvgIpc) is 2.27. The van der Waals surface area contributed by atoms with Crippen molar-refractivity contribution in [3.8, 4) is 5.75 Å². The molecule has 1 amide bonds. The lowest BCUT2D eigenvalue weighted by Crippen LogP contribution is -2.38. The van der Waals surface area contributed by atoms with Gasteiger partial charge in [-0.2, -0.15) is 0 Å². The van der Waals surface area contributed by atoms with Crippen LogP contribution in [0.25, 0.3) is 0 Å². The molecule has 5 N–H and O–H groups in total. The van der Waals surface area contributed by atoms with Crippen molar-refractivity contribution in [2.24, 2.45) is 11.6 Å². The van der Waals surface area contributed by atoms with Crippen LogP contribution in [0, 0.1) is 0 Å². The number of hydrogen-bond donors (Lipinski definition) is 3. The summed E-state index contributed by atoms with van der Waals surface area (Å²) in [7, 11) is 1.55. The number of rotatable bonds is 3. The molecule has 1 aromatic rings. The summed E-state index contributed by atoms with van der Waals surface area (Å²) in [5.41, 5.74) is 8.28. The molecule has 1 atom stereocenters. The smallest absolute Gasteiger partial charge is 0.255 e. The second-order valence-electron chi connectivity index (χ2n) is 2.76. The summed E-state index contributed by atoms with van der Waals surface area (Å²) in [5.74, 6) is 5.19. The van der Waals surface area contributed by atoms with E-state index >= 15 is 0 Å². The summed E-state index contributed by atoms with van der Waals surface area (Å²) in [6, 6.07) is 6.20. The van der Waals surface area contributed by atoms with Gasteiger partial charge in [0, 0.05) is 0 Å². The molecule has 1 unspecified atom stereocenters. The minimum absolute atomic E-state index is 0.432. The molecule has 0 aliphatic carbocycles. The van der Waals surface area contributed by atoms with E-state index < -0.39 is 11.9 Å². The van der Waals surface area contributed by atoms with Crippen LogP contribution in [0.1, 0.15) is 11.6 Å². The van der Waals surface area contributed by atoms with Crippen molar-refractivity contribution in [2.75, 3.05) is 7.11 Å². The Morgan fingerprint density at radius 2 is 2.29 bits per heavy atom. The van der Waals surface area contributed by atoms with E-state index in [9.17, 15) is 4.79 Å². The van der Waals surface area contributed by atoms with Crippen molar-refractivity contribution in [2.45, 2.75) is 6.04 Å². The van der Waals surface area contributed by atoms with Crippen LogP contribution < -0.4 is 21.7 Å².